The smallest absolute Gasteiger partial charge is 0.164 e. The predicted octanol–water partition coefficient (Wildman–Crippen LogP) is 15.7. The van der Waals surface area contributed by atoms with Gasteiger partial charge in [-0.2, -0.15) is 0 Å². The maximum absolute atomic E-state index is 5.11. The Morgan fingerprint density at radius 3 is 1.42 bits per heavy atom. The molecular formula is C61H37N5. The van der Waals surface area contributed by atoms with E-state index in [1.807, 2.05) is 18.2 Å². The minimum atomic E-state index is 0.638. The van der Waals surface area contributed by atoms with E-state index in [0.717, 1.165) is 49.7 Å². The zero-order chi connectivity index (χ0) is 43.3. The monoisotopic (exact) mass is 839 g/mol. The van der Waals surface area contributed by atoms with Crippen LogP contribution in [0.4, 0.5) is 0 Å². The van der Waals surface area contributed by atoms with Crippen molar-refractivity contribution in [2.45, 2.75) is 0 Å². The van der Waals surface area contributed by atoms with Crippen LogP contribution in [0.25, 0.3) is 132 Å². The fourth-order valence-corrected chi connectivity index (χ4v) is 10.3. The third kappa shape index (κ3) is 5.70. The minimum Gasteiger partial charge on any atom is -0.309 e. The van der Waals surface area contributed by atoms with Gasteiger partial charge in [0.05, 0.1) is 22.1 Å². The van der Waals surface area contributed by atoms with E-state index in [4.69, 9.17) is 15.0 Å². The standard InChI is InChI=1S/C61H37N5/c1-2-15-41(16-3-1)59-62-60(46-24-22-38-12-4-6-17-42(38)32-46)64-61(63-59)47-25-23-45-35-48(30-27-44(45)33-47)65-54-21-11-10-20-51(54)52-36-53-57(37-56(52)65)66(49-29-26-39-13-5-7-18-43(39)34-49)55-31-28-40-14-8-9-19-50(40)58(53)55/h1-37H. The second-order valence-corrected chi connectivity index (χ2v) is 17.3. The normalized spacial score (nSPS) is 11.9. The highest BCUT2D eigenvalue weighted by atomic mass is 15.0. The summed E-state index contributed by atoms with van der Waals surface area (Å²) in [6.45, 7) is 0. The van der Waals surface area contributed by atoms with E-state index in [1.54, 1.807) is 0 Å². The lowest BCUT2D eigenvalue weighted by atomic mass is 10.0. The van der Waals surface area contributed by atoms with Crippen molar-refractivity contribution in [3.63, 3.8) is 0 Å². The van der Waals surface area contributed by atoms with Crippen LogP contribution in [0.15, 0.2) is 224 Å². The van der Waals surface area contributed by atoms with E-state index in [-0.39, 0.29) is 0 Å². The molecule has 0 N–H and O–H groups in total. The summed E-state index contributed by atoms with van der Waals surface area (Å²) in [6, 6.07) is 80.7. The van der Waals surface area contributed by atoms with Gasteiger partial charge < -0.3 is 9.13 Å². The number of fused-ring (bicyclic) bond motifs is 11. The number of rotatable bonds is 5. The van der Waals surface area contributed by atoms with E-state index in [2.05, 4.69) is 215 Å². The van der Waals surface area contributed by atoms with Crippen LogP contribution in [-0.2, 0) is 0 Å². The highest BCUT2D eigenvalue weighted by Gasteiger charge is 2.21. The Bertz CT molecular complexity index is 4290. The molecule has 0 bridgehead atoms. The molecule has 66 heavy (non-hydrogen) atoms. The van der Waals surface area contributed by atoms with Gasteiger partial charge in [0, 0.05) is 49.6 Å². The van der Waals surface area contributed by atoms with E-state index < -0.39 is 0 Å². The van der Waals surface area contributed by atoms with Crippen molar-refractivity contribution in [1.29, 1.82) is 0 Å². The van der Waals surface area contributed by atoms with Crippen molar-refractivity contribution < 1.29 is 0 Å². The average molecular weight is 840 g/mol. The van der Waals surface area contributed by atoms with E-state index in [1.165, 1.54) is 65.0 Å². The molecule has 3 heterocycles. The maximum Gasteiger partial charge on any atom is 0.164 e. The molecule has 0 radical (unpaired) electrons. The Hall–Kier alpha value is -8.93. The summed E-state index contributed by atoms with van der Waals surface area (Å²) in [5.74, 6) is 1.93. The highest BCUT2D eigenvalue weighted by Crippen LogP contribution is 2.42. The highest BCUT2D eigenvalue weighted by molar-refractivity contribution is 6.25. The summed E-state index contributed by atoms with van der Waals surface area (Å²) in [4.78, 5) is 15.2. The molecular weight excluding hydrogens is 803 g/mol. The first-order valence-electron chi connectivity index (χ1n) is 22.4. The van der Waals surface area contributed by atoms with Gasteiger partial charge in [0.25, 0.3) is 0 Å². The molecule has 306 valence electrons. The summed E-state index contributed by atoms with van der Waals surface area (Å²) in [5, 5.41) is 14.5. The molecule has 11 aromatic carbocycles. The van der Waals surface area contributed by atoms with Crippen LogP contribution in [0.1, 0.15) is 0 Å². The summed E-state index contributed by atoms with van der Waals surface area (Å²) >= 11 is 0. The molecule has 0 spiro atoms. The molecule has 0 fully saturated rings. The zero-order valence-electron chi connectivity index (χ0n) is 35.6. The van der Waals surface area contributed by atoms with Crippen molar-refractivity contribution in [3.05, 3.63) is 224 Å². The van der Waals surface area contributed by atoms with Crippen LogP contribution in [-0.4, -0.2) is 24.1 Å². The number of aromatic nitrogens is 5. The molecule has 5 heteroatoms. The quantitative estimate of drug-likeness (QED) is 0.173. The lowest BCUT2D eigenvalue weighted by Gasteiger charge is -2.12. The molecule has 5 nitrogen and oxygen atoms in total. The lowest BCUT2D eigenvalue weighted by Crippen LogP contribution is -2.00. The van der Waals surface area contributed by atoms with Crippen LogP contribution in [0, 0.1) is 0 Å². The summed E-state index contributed by atoms with van der Waals surface area (Å²) in [6.07, 6.45) is 0. The van der Waals surface area contributed by atoms with Crippen LogP contribution in [0.3, 0.4) is 0 Å². The van der Waals surface area contributed by atoms with Gasteiger partial charge in [-0.15, -0.1) is 0 Å². The molecule has 0 atom stereocenters. The summed E-state index contributed by atoms with van der Waals surface area (Å²) < 4.78 is 4.90. The first-order valence-corrected chi connectivity index (χ1v) is 22.4. The van der Waals surface area contributed by atoms with Gasteiger partial charge in [0.2, 0.25) is 0 Å². The van der Waals surface area contributed by atoms with Crippen LogP contribution in [0.2, 0.25) is 0 Å². The van der Waals surface area contributed by atoms with Gasteiger partial charge in [-0.3, -0.25) is 0 Å². The molecule has 0 saturated heterocycles. The fraction of sp³-hybridized carbons (Fsp3) is 0. The van der Waals surface area contributed by atoms with Gasteiger partial charge in [0.15, 0.2) is 17.5 Å². The van der Waals surface area contributed by atoms with Crippen LogP contribution < -0.4 is 0 Å². The zero-order valence-corrected chi connectivity index (χ0v) is 35.6. The molecule has 0 aliphatic heterocycles. The molecule has 3 aromatic heterocycles. The third-order valence-corrected chi connectivity index (χ3v) is 13.5. The number of nitrogens with zero attached hydrogens (tertiary/aromatic N) is 5. The topological polar surface area (TPSA) is 48.5 Å². The molecule has 0 unspecified atom stereocenters. The van der Waals surface area contributed by atoms with E-state index in [9.17, 15) is 0 Å². The Morgan fingerprint density at radius 1 is 0.242 bits per heavy atom. The van der Waals surface area contributed by atoms with Crippen molar-refractivity contribution in [2.75, 3.05) is 0 Å². The third-order valence-electron chi connectivity index (χ3n) is 13.5. The molecule has 0 saturated carbocycles. The van der Waals surface area contributed by atoms with Crippen molar-refractivity contribution in [3.8, 4) is 45.5 Å². The van der Waals surface area contributed by atoms with Gasteiger partial charge >= 0.3 is 0 Å². The Morgan fingerprint density at radius 2 is 0.712 bits per heavy atom. The maximum atomic E-state index is 5.11. The first kappa shape index (κ1) is 36.5. The second kappa shape index (κ2) is 14.3. The molecule has 0 amide bonds. The van der Waals surface area contributed by atoms with Crippen LogP contribution in [0.5, 0.6) is 0 Å². The van der Waals surface area contributed by atoms with Crippen molar-refractivity contribution in [2.24, 2.45) is 0 Å². The predicted molar refractivity (Wildman–Crippen MR) is 275 cm³/mol. The van der Waals surface area contributed by atoms with Crippen LogP contribution >= 0.6 is 0 Å². The van der Waals surface area contributed by atoms with Gasteiger partial charge in [0.1, 0.15) is 0 Å². The number of hydrogen-bond acceptors (Lipinski definition) is 3. The summed E-state index contributed by atoms with van der Waals surface area (Å²) in [5.41, 5.74) is 9.78. The largest absolute Gasteiger partial charge is 0.309 e. The van der Waals surface area contributed by atoms with Gasteiger partial charge in [-0.05, 0) is 104 Å². The minimum absolute atomic E-state index is 0.638. The number of para-hydroxylation sites is 1. The van der Waals surface area contributed by atoms with E-state index >= 15 is 0 Å². The van der Waals surface area contributed by atoms with Gasteiger partial charge in [-0.1, -0.05) is 164 Å². The Kier molecular flexibility index (Phi) is 7.91. The SMILES string of the molecule is c1ccc(-c2nc(-c3ccc4ccccc4c3)nc(-c3ccc4cc(-n5c6ccccc6c6cc7c8c9ccccc9ccc8n(-c8ccc9ccccc9c8)c7cc65)ccc4c3)n2)cc1. The van der Waals surface area contributed by atoms with Gasteiger partial charge in [-0.25, -0.2) is 15.0 Å². The fourth-order valence-electron chi connectivity index (χ4n) is 10.3. The average Bonchev–Trinajstić information content (AvgIpc) is 3.89. The number of hydrogen-bond donors (Lipinski definition) is 0. The molecule has 0 aliphatic rings. The molecule has 0 aliphatic carbocycles. The van der Waals surface area contributed by atoms with Crippen molar-refractivity contribution >= 4 is 86.7 Å². The summed E-state index contributed by atoms with van der Waals surface area (Å²) in [7, 11) is 0. The van der Waals surface area contributed by atoms with Crippen molar-refractivity contribution in [1.82, 2.24) is 24.1 Å². The molecule has 14 rings (SSSR count). The van der Waals surface area contributed by atoms with E-state index in [0.29, 0.717) is 17.5 Å². The molecule has 14 aromatic rings. The second-order valence-electron chi connectivity index (χ2n) is 17.3. The Balaban J connectivity index is 0.949. The first-order chi connectivity index (χ1) is 32.7. The Labute approximate surface area is 379 Å². The number of benzene rings is 11. The lowest BCUT2D eigenvalue weighted by molar-refractivity contribution is 1.07.